The minimum absolute atomic E-state index is 0.125. The zero-order chi connectivity index (χ0) is 44.4. The molecule has 0 bridgehead atoms. The number of ether oxygens (including phenoxy) is 3. The SMILES string of the molecule is CC\C=C/C=C\C=C/CCCCCCCC(=O)OC(COC(=O)CCC/C=C\C/C=C\C/C=C\CC)COC(=O)CCCCC/C=C\C/C=C\C/C=C\C/C=C\C/C=C\CC. The van der Waals surface area contributed by atoms with E-state index in [-0.39, 0.29) is 44.0 Å². The maximum absolute atomic E-state index is 12.7. The number of unbranched alkanes of at least 4 members (excludes halogenated alkanes) is 9. The summed E-state index contributed by atoms with van der Waals surface area (Å²) in [7, 11) is 0. The summed E-state index contributed by atoms with van der Waals surface area (Å²) in [6.45, 7) is 6.14. The summed E-state index contributed by atoms with van der Waals surface area (Å²) in [6, 6.07) is 0. The standard InChI is InChI=1S/C55H84O6/c1-4-7-10-13-16-19-22-24-25-26-27-28-29-31-33-36-39-42-45-48-54(57)60-51-52(50-59-53(56)47-44-41-38-35-32-21-18-15-12-9-6-3)61-55(58)49-46-43-40-37-34-30-23-20-17-14-11-8-5-2/h7-12,14,16-21,23-25,27-28,31,33,35,38,52H,4-6,13,15,22,26,29-30,32,34,36-37,39-51H2,1-3H3/b10-7-,11-8-,12-9-,17-14-,19-16-,21-18-,23-20-,25-24-,28-27-,33-31-,38-35-. The lowest BCUT2D eigenvalue weighted by atomic mass is 10.1. The van der Waals surface area contributed by atoms with Crippen LogP contribution in [0.1, 0.15) is 175 Å². The molecule has 0 amide bonds. The molecule has 0 spiro atoms. The van der Waals surface area contributed by atoms with E-state index in [0.717, 1.165) is 128 Å². The molecule has 340 valence electrons. The van der Waals surface area contributed by atoms with Gasteiger partial charge in [-0.3, -0.25) is 14.4 Å². The lowest BCUT2D eigenvalue weighted by Crippen LogP contribution is -2.30. The molecule has 0 aromatic heterocycles. The van der Waals surface area contributed by atoms with E-state index < -0.39 is 6.10 Å². The van der Waals surface area contributed by atoms with Gasteiger partial charge in [0.05, 0.1) is 0 Å². The highest BCUT2D eigenvalue weighted by Gasteiger charge is 2.19. The van der Waals surface area contributed by atoms with Crippen molar-refractivity contribution >= 4 is 17.9 Å². The highest BCUT2D eigenvalue weighted by Crippen LogP contribution is 2.11. The third-order valence-electron chi connectivity index (χ3n) is 9.19. The number of hydrogen-bond donors (Lipinski definition) is 0. The van der Waals surface area contributed by atoms with Crippen molar-refractivity contribution < 1.29 is 28.6 Å². The van der Waals surface area contributed by atoms with Crippen molar-refractivity contribution in [2.45, 2.75) is 181 Å². The Balaban J connectivity index is 4.53. The highest BCUT2D eigenvalue weighted by atomic mass is 16.6. The van der Waals surface area contributed by atoms with Gasteiger partial charge < -0.3 is 14.2 Å². The first kappa shape index (κ1) is 56.5. The minimum atomic E-state index is -0.826. The van der Waals surface area contributed by atoms with Gasteiger partial charge in [0.2, 0.25) is 0 Å². The molecule has 0 N–H and O–H groups in total. The van der Waals surface area contributed by atoms with Crippen LogP contribution < -0.4 is 0 Å². The second-order valence-electron chi connectivity index (χ2n) is 14.9. The third kappa shape index (κ3) is 46.5. The van der Waals surface area contributed by atoms with Crippen LogP contribution in [0.5, 0.6) is 0 Å². The van der Waals surface area contributed by atoms with Gasteiger partial charge in [0.15, 0.2) is 6.10 Å². The molecule has 61 heavy (non-hydrogen) atoms. The largest absolute Gasteiger partial charge is 0.462 e. The molecule has 0 aliphatic rings. The van der Waals surface area contributed by atoms with Gasteiger partial charge in [-0.05, 0) is 109 Å². The molecule has 0 aromatic carbocycles. The summed E-state index contributed by atoms with van der Waals surface area (Å²) >= 11 is 0. The molecule has 1 atom stereocenters. The number of hydrogen-bond acceptors (Lipinski definition) is 6. The van der Waals surface area contributed by atoms with Crippen LogP contribution in [0, 0.1) is 0 Å². The summed E-state index contributed by atoms with van der Waals surface area (Å²) in [6.07, 6.45) is 67.3. The van der Waals surface area contributed by atoms with Gasteiger partial charge in [-0.25, -0.2) is 0 Å². The highest BCUT2D eigenvalue weighted by molar-refractivity contribution is 5.71. The van der Waals surface area contributed by atoms with Crippen LogP contribution in [0.15, 0.2) is 134 Å². The maximum atomic E-state index is 12.7. The molecular formula is C55H84O6. The molecule has 0 heterocycles. The number of allylic oxidation sites excluding steroid dienone is 22. The molecule has 6 nitrogen and oxygen atoms in total. The first-order chi connectivity index (χ1) is 30.0. The topological polar surface area (TPSA) is 78.9 Å². The van der Waals surface area contributed by atoms with Crippen LogP contribution >= 0.6 is 0 Å². The van der Waals surface area contributed by atoms with E-state index in [2.05, 4.69) is 148 Å². The third-order valence-corrected chi connectivity index (χ3v) is 9.19. The fraction of sp³-hybridized carbons (Fsp3) is 0.545. The van der Waals surface area contributed by atoms with Crippen molar-refractivity contribution in [1.29, 1.82) is 0 Å². The van der Waals surface area contributed by atoms with Gasteiger partial charge in [0, 0.05) is 19.3 Å². The molecule has 0 aliphatic heterocycles. The molecule has 0 saturated carbocycles. The average molecular weight is 841 g/mol. The van der Waals surface area contributed by atoms with Crippen LogP contribution in [0.25, 0.3) is 0 Å². The molecule has 0 aliphatic carbocycles. The Bertz CT molecular complexity index is 1380. The summed E-state index contributed by atoms with van der Waals surface area (Å²) in [5, 5.41) is 0. The molecule has 0 fully saturated rings. The van der Waals surface area contributed by atoms with E-state index in [4.69, 9.17) is 14.2 Å². The Kier molecular flexibility index (Phi) is 44.7. The van der Waals surface area contributed by atoms with Crippen LogP contribution in [0.2, 0.25) is 0 Å². The number of rotatable bonds is 40. The van der Waals surface area contributed by atoms with Gasteiger partial charge in [-0.15, -0.1) is 0 Å². The Morgan fingerprint density at radius 3 is 1.18 bits per heavy atom. The summed E-state index contributed by atoms with van der Waals surface area (Å²) < 4.78 is 16.6. The molecule has 1 unspecified atom stereocenters. The number of carbonyl (C=O) groups is 3. The van der Waals surface area contributed by atoms with Crippen LogP contribution in [-0.2, 0) is 28.6 Å². The van der Waals surface area contributed by atoms with Crippen molar-refractivity contribution in [2.75, 3.05) is 13.2 Å². The fourth-order valence-electron chi connectivity index (χ4n) is 5.72. The summed E-state index contributed by atoms with van der Waals surface area (Å²) in [5.41, 5.74) is 0. The van der Waals surface area contributed by atoms with Gasteiger partial charge in [-0.2, -0.15) is 0 Å². The Hall–Kier alpha value is -4.45. The van der Waals surface area contributed by atoms with E-state index in [0.29, 0.717) is 12.8 Å². The fourth-order valence-corrected chi connectivity index (χ4v) is 5.72. The average Bonchev–Trinajstić information content (AvgIpc) is 3.26. The summed E-state index contributed by atoms with van der Waals surface area (Å²) in [5.74, 6) is -1.05. The molecule has 0 radical (unpaired) electrons. The normalized spacial score (nSPS) is 13.3. The van der Waals surface area contributed by atoms with E-state index in [1.807, 2.05) is 6.08 Å². The van der Waals surface area contributed by atoms with E-state index >= 15 is 0 Å². The van der Waals surface area contributed by atoms with Crippen LogP contribution in [0.4, 0.5) is 0 Å². The van der Waals surface area contributed by atoms with Crippen molar-refractivity contribution in [1.82, 2.24) is 0 Å². The van der Waals surface area contributed by atoms with E-state index in [1.54, 1.807) is 0 Å². The zero-order valence-electron chi connectivity index (χ0n) is 38.6. The number of esters is 3. The molecule has 0 rings (SSSR count). The van der Waals surface area contributed by atoms with E-state index in [9.17, 15) is 14.4 Å². The van der Waals surface area contributed by atoms with Gasteiger partial charge >= 0.3 is 17.9 Å². The second kappa shape index (κ2) is 48.2. The van der Waals surface area contributed by atoms with Crippen LogP contribution in [0.3, 0.4) is 0 Å². The van der Waals surface area contributed by atoms with Crippen LogP contribution in [-0.4, -0.2) is 37.2 Å². The zero-order valence-corrected chi connectivity index (χ0v) is 38.6. The molecule has 6 heteroatoms. The lowest BCUT2D eigenvalue weighted by Gasteiger charge is -2.18. The minimum Gasteiger partial charge on any atom is -0.462 e. The predicted molar refractivity (Wildman–Crippen MR) is 260 cm³/mol. The molecular weight excluding hydrogens is 757 g/mol. The molecule has 0 aromatic rings. The smallest absolute Gasteiger partial charge is 0.306 e. The first-order valence-electron chi connectivity index (χ1n) is 23.7. The van der Waals surface area contributed by atoms with Crippen molar-refractivity contribution in [3.63, 3.8) is 0 Å². The van der Waals surface area contributed by atoms with Gasteiger partial charge in [-0.1, -0.05) is 180 Å². The predicted octanol–water partition coefficient (Wildman–Crippen LogP) is 15.5. The van der Waals surface area contributed by atoms with Gasteiger partial charge in [0.25, 0.3) is 0 Å². The Morgan fingerprint density at radius 2 is 0.689 bits per heavy atom. The maximum Gasteiger partial charge on any atom is 0.306 e. The van der Waals surface area contributed by atoms with Crippen molar-refractivity contribution in [3.8, 4) is 0 Å². The Morgan fingerprint density at radius 1 is 0.344 bits per heavy atom. The monoisotopic (exact) mass is 841 g/mol. The molecule has 0 saturated heterocycles. The van der Waals surface area contributed by atoms with Gasteiger partial charge in [0.1, 0.15) is 13.2 Å². The van der Waals surface area contributed by atoms with Crippen molar-refractivity contribution in [2.24, 2.45) is 0 Å². The lowest BCUT2D eigenvalue weighted by molar-refractivity contribution is -0.167. The first-order valence-corrected chi connectivity index (χ1v) is 23.7. The summed E-state index contributed by atoms with van der Waals surface area (Å²) in [4.78, 5) is 37.8. The number of carbonyl (C=O) groups excluding carboxylic acids is 3. The second-order valence-corrected chi connectivity index (χ2v) is 14.9. The van der Waals surface area contributed by atoms with E-state index in [1.165, 1.54) is 0 Å². The Labute approximate surface area is 373 Å². The van der Waals surface area contributed by atoms with Crippen molar-refractivity contribution in [3.05, 3.63) is 134 Å². The quantitative estimate of drug-likeness (QED) is 0.0201.